The lowest BCUT2D eigenvalue weighted by Crippen LogP contribution is -2.58. The van der Waals surface area contributed by atoms with Gasteiger partial charge < -0.3 is 15.0 Å². The van der Waals surface area contributed by atoms with E-state index in [2.05, 4.69) is 22.2 Å². The molecule has 0 bridgehead atoms. The zero-order valence-electron chi connectivity index (χ0n) is 14.1. The van der Waals surface area contributed by atoms with Crippen LogP contribution in [0.3, 0.4) is 0 Å². The fourth-order valence-corrected chi connectivity index (χ4v) is 3.55. The topological polar surface area (TPSA) is 62.6 Å². The molecule has 1 aromatic heterocycles. The molecule has 3 heterocycles. The Labute approximate surface area is 137 Å². The van der Waals surface area contributed by atoms with Crippen molar-refractivity contribution < 1.29 is 9.53 Å². The van der Waals surface area contributed by atoms with Gasteiger partial charge in [0.15, 0.2) is 0 Å². The van der Waals surface area contributed by atoms with Crippen molar-refractivity contribution in [2.24, 2.45) is 0 Å². The second kappa shape index (κ2) is 7.31. The number of hydrogen-bond donors (Lipinski definition) is 1. The van der Waals surface area contributed by atoms with E-state index in [4.69, 9.17) is 4.74 Å². The first kappa shape index (κ1) is 16.3. The van der Waals surface area contributed by atoms with E-state index >= 15 is 0 Å². The summed E-state index contributed by atoms with van der Waals surface area (Å²) < 4.78 is 6.88. The summed E-state index contributed by atoms with van der Waals surface area (Å²) in [6.45, 7) is 7.04. The summed E-state index contributed by atoms with van der Waals surface area (Å²) in [4.78, 5) is 17.0. The van der Waals surface area contributed by atoms with Gasteiger partial charge in [-0.3, -0.25) is 9.58 Å². The predicted octanol–water partition coefficient (Wildman–Crippen LogP) is 0.908. The Morgan fingerprint density at radius 1 is 1.48 bits per heavy atom. The molecule has 0 spiro atoms. The van der Waals surface area contributed by atoms with E-state index in [-0.39, 0.29) is 12.1 Å². The van der Waals surface area contributed by atoms with Crippen LogP contribution in [0.2, 0.25) is 0 Å². The molecule has 2 fully saturated rings. The van der Waals surface area contributed by atoms with Gasteiger partial charge in [-0.1, -0.05) is 0 Å². The molecule has 128 valence electrons. The van der Waals surface area contributed by atoms with E-state index in [0.717, 1.165) is 25.2 Å². The lowest BCUT2D eigenvalue weighted by molar-refractivity contribution is 0.0802. The van der Waals surface area contributed by atoms with Crippen molar-refractivity contribution in [2.75, 3.05) is 33.4 Å². The summed E-state index contributed by atoms with van der Waals surface area (Å²) in [7, 11) is 1.68. The van der Waals surface area contributed by atoms with Crippen LogP contribution in [0.5, 0.6) is 0 Å². The number of fused-ring (bicyclic) bond motifs is 1. The lowest BCUT2D eigenvalue weighted by Gasteiger charge is -2.42. The summed E-state index contributed by atoms with van der Waals surface area (Å²) in [5, 5.41) is 7.30. The van der Waals surface area contributed by atoms with Crippen molar-refractivity contribution in [2.45, 2.75) is 44.9 Å². The normalized spacial score (nSPS) is 24.7. The Bertz CT molecular complexity index is 532. The Morgan fingerprint density at radius 2 is 2.35 bits per heavy atom. The van der Waals surface area contributed by atoms with Crippen LogP contribution in [0, 0.1) is 0 Å². The van der Waals surface area contributed by atoms with Gasteiger partial charge in [0.1, 0.15) is 0 Å². The van der Waals surface area contributed by atoms with Gasteiger partial charge in [0, 0.05) is 50.6 Å². The first-order valence-electron chi connectivity index (χ1n) is 8.46. The quantitative estimate of drug-likeness (QED) is 0.875. The average molecular weight is 321 g/mol. The largest absolute Gasteiger partial charge is 0.383 e. The summed E-state index contributed by atoms with van der Waals surface area (Å²) in [5.74, 6) is 0. The average Bonchev–Trinajstić information content (AvgIpc) is 3.18. The van der Waals surface area contributed by atoms with Crippen LogP contribution in [0.25, 0.3) is 0 Å². The van der Waals surface area contributed by atoms with Crippen molar-refractivity contribution in [1.82, 2.24) is 24.9 Å². The number of carbonyl (C=O) groups is 1. The van der Waals surface area contributed by atoms with Crippen LogP contribution in [0.15, 0.2) is 12.4 Å². The molecule has 0 unspecified atom stereocenters. The highest BCUT2D eigenvalue weighted by atomic mass is 16.5. The van der Waals surface area contributed by atoms with Crippen LogP contribution in [-0.4, -0.2) is 71.0 Å². The Hall–Kier alpha value is -1.60. The van der Waals surface area contributed by atoms with E-state index in [1.54, 1.807) is 13.3 Å². The third kappa shape index (κ3) is 3.84. The maximum atomic E-state index is 12.5. The minimum Gasteiger partial charge on any atom is -0.383 e. The fraction of sp³-hybridized carbons (Fsp3) is 0.750. The van der Waals surface area contributed by atoms with Crippen LogP contribution in [0.4, 0.5) is 4.79 Å². The Balaban J connectivity index is 1.49. The summed E-state index contributed by atoms with van der Waals surface area (Å²) in [5.41, 5.74) is 1.02. The molecule has 3 rings (SSSR count). The highest BCUT2D eigenvalue weighted by Crippen LogP contribution is 2.24. The maximum Gasteiger partial charge on any atom is 0.318 e. The second-order valence-corrected chi connectivity index (χ2v) is 6.56. The van der Waals surface area contributed by atoms with Crippen molar-refractivity contribution in [3.8, 4) is 0 Å². The van der Waals surface area contributed by atoms with Crippen molar-refractivity contribution >= 4 is 6.03 Å². The predicted molar refractivity (Wildman–Crippen MR) is 87.1 cm³/mol. The van der Waals surface area contributed by atoms with E-state index in [0.29, 0.717) is 19.2 Å². The third-order valence-corrected chi connectivity index (χ3v) is 4.85. The summed E-state index contributed by atoms with van der Waals surface area (Å²) in [6, 6.07) is 0.858. The van der Waals surface area contributed by atoms with Crippen LogP contribution < -0.4 is 5.32 Å². The van der Waals surface area contributed by atoms with Gasteiger partial charge in [0.05, 0.1) is 19.3 Å². The number of piperazine rings is 1. The van der Waals surface area contributed by atoms with Gasteiger partial charge in [0.2, 0.25) is 0 Å². The number of hydrogen-bond acceptors (Lipinski definition) is 4. The number of methoxy groups -OCH3 is 1. The number of urea groups is 1. The summed E-state index contributed by atoms with van der Waals surface area (Å²) in [6.07, 6.45) is 6.22. The van der Waals surface area contributed by atoms with Gasteiger partial charge in [0.25, 0.3) is 0 Å². The van der Waals surface area contributed by atoms with E-state index < -0.39 is 0 Å². The van der Waals surface area contributed by atoms with Crippen LogP contribution in [0.1, 0.15) is 25.3 Å². The smallest absolute Gasteiger partial charge is 0.318 e. The standard InChI is InChI=1S/C16H27N5O2/c1-13-10-19-5-3-4-15(19)12-21(13)16(22)17-8-14-9-18-20(11-14)6-7-23-2/h9,11,13,15H,3-8,10,12H2,1-2H3,(H,17,22)/t13-,15+/m1/s1. The monoisotopic (exact) mass is 321 g/mol. The maximum absolute atomic E-state index is 12.5. The van der Waals surface area contributed by atoms with Crippen molar-refractivity contribution in [3.63, 3.8) is 0 Å². The van der Waals surface area contributed by atoms with Gasteiger partial charge in [-0.15, -0.1) is 0 Å². The number of amides is 2. The van der Waals surface area contributed by atoms with Gasteiger partial charge in [-0.25, -0.2) is 4.79 Å². The molecule has 1 aromatic rings. The molecule has 7 nitrogen and oxygen atoms in total. The number of ether oxygens (including phenoxy) is 1. The molecule has 7 heteroatoms. The minimum absolute atomic E-state index is 0.0358. The molecule has 23 heavy (non-hydrogen) atoms. The molecule has 0 aromatic carbocycles. The number of nitrogens with one attached hydrogen (secondary N) is 1. The van der Waals surface area contributed by atoms with E-state index in [1.165, 1.54) is 19.4 Å². The molecule has 1 N–H and O–H groups in total. The van der Waals surface area contributed by atoms with Crippen molar-refractivity contribution in [1.29, 1.82) is 0 Å². The Kier molecular flexibility index (Phi) is 5.17. The molecule has 2 aliphatic rings. The molecule has 2 atom stereocenters. The van der Waals surface area contributed by atoms with Crippen LogP contribution >= 0.6 is 0 Å². The SMILES string of the molecule is COCCn1cc(CNC(=O)N2C[C@@H]3CCCN3C[C@H]2C)cn1. The van der Waals surface area contributed by atoms with Crippen molar-refractivity contribution in [3.05, 3.63) is 18.0 Å². The van der Waals surface area contributed by atoms with Gasteiger partial charge in [-0.05, 0) is 26.3 Å². The third-order valence-electron chi connectivity index (χ3n) is 4.85. The minimum atomic E-state index is 0.0358. The molecule has 0 aliphatic carbocycles. The lowest BCUT2D eigenvalue weighted by atomic mass is 10.1. The van der Waals surface area contributed by atoms with Gasteiger partial charge in [-0.2, -0.15) is 5.10 Å². The number of aromatic nitrogens is 2. The molecule has 2 amide bonds. The zero-order valence-corrected chi connectivity index (χ0v) is 14.1. The fourth-order valence-electron chi connectivity index (χ4n) is 3.55. The molecule has 2 saturated heterocycles. The first-order valence-corrected chi connectivity index (χ1v) is 8.46. The molecule has 2 aliphatic heterocycles. The number of carbonyl (C=O) groups excluding carboxylic acids is 1. The zero-order chi connectivity index (χ0) is 16.2. The summed E-state index contributed by atoms with van der Waals surface area (Å²) >= 11 is 0. The van der Waals surface area contributed by atoms with E-state index in [9.17, 15) is 4.79 Å². The van der Waals surface area contributed by atoms with Crippen LogP contribution in [-0.2, 0) is 17.8 Å². The highest BCUT2D eigenvalue weighted by molar-refractivity contribution is 5.74. The highest BCUT2D eigenvalue weighted by Gasteiger charge is 2.36. The van der Waals surface area contributed by atoms with Gasteiger partial charge >= 0.3 is 6.03 Å². The molecule has 0 saturated carbocycles. The first-order chi connectivity index (χ1) is 11.2. The molecule has 0 radical (unpaired) electrons. The Morgan fingerprint density at radius 3 is 3.17 bits per heavy atom. The molecular weight excluding hydrogens is 294 g/mol. The number of nitrogens with zero attached hydrogens (tertiary/aromatic N) is 4. The number of rotatable bonds is 5. The van der Waals surface area contributed by atoms with E-state index in [1.807, 2.05) is 15.8 Å². The molecular formula is C16H27N5O2. The second-order valence-electron chi connectivity index (χ2n) is 6.56.